The van der Waals surface area contributed by atoms with E-state index in [1.807, 2.05) is 0 Å². The number of hydrogen-bond acceptors (Lipinski definition) is 7. The monoisotopic (exact) mass is 380 g/mol. The topological polar surface area (TPSA) is 121 Å². The number of carbonyl (C=O) groups is 3. The van der Waals surface area contributed by atoms with Gasteiger partial charge in [-0.25, -0.2) is 14.6 Å². The predicted octanol–water partition coefficient (Wildman–Crippen LogP) is 0.000200. The zero-order valence-electron chi connectivity index (χ0n) is 14.7. The van der Waals surface area contributed by atoms with Crippen LogP contribution in [0.3, 0.4) is 0 Å². The Balaban J connectivity index is 1.71. The van der Waals surface area contributed by atoms with Gasteiger partial charge in [-0.15, -0.1) is 0 Å². The first kappa shape index (κ1) is 17.3. The summed E-state index contributed by atoms with van der Waals surface area (Å²) in [4.78, 5) is 70.2. The van der Waals surface area contributed by atoms with Crippen LogP contribution in [0.5, 0.6) is 0 Å². The fourth-order valence-electron chi connectivity index (χ4n) is 2.96. The fourth-order valence-corrected chi connectivity index (χ4v) is 2.96. The Hall–Kier alpha value is -4.08. The van der Waals surface area contributed by atoms with Crippen LogP contribution in [-0.2, 0) is 18.9 Å². The molecule has 140 valence electrons. The molecule has 0 spiro atoms. The minimum atomic E-state index is -1.04. The highest BCUT2D eigenvalue weighted by atomic mass is 16.7. The van der Waals surface area contributed by atoms with E-state index in [9.17, 15) is 24.0 Å². The lowest BCUT2D eigenvalue weighted by atomic mass is 10.1. The Kier molecular flexibility index (Phi) is 3.70. The number of nitrogens with zero attached hydrogens (tertiary/aromatic N) is 4. The summed E-state index contributed by atoms with van der Waals surface area (Å²) in [6.07, 6.45) is 1.10. The van der Waals surface area contributed by atoms with Gasteiger partial charge in [0.2, 0.25) is 0 Å². The van der Waals surface area contributed by atoms with Gasteiger partial charge in [0.15, 0.2) is 0 Å². The molecule has 0 bridgehead atoms. The standard InChI is InChI=1S/C18H12N4O6/c1-20-13-12(14(23)21(2)18(20)27)7-9(8-19-13)17(26)28-22-15(24)10-5-3-4-6-11(10)16(22)25/h3-8H,1-2H3. The van der Waals surface area contributed by atoms with Crippen LogP contribution in [0.15, 0.2) is 46.1 Å². The molecule has 3 heterocycles. The van der Waals surface area contributed by atoms with Crippen molar-refractivity contribution < 1.29 is 19.2 Å². The van der Waals surface area contributed by atoms with Gasteiger partial charge < -0.3 is 4.84 Å². The molecular formula is C18H12N4O6. The molecule has 0 atom stereocenters. The lowest BCUT2D eigenvalue weighted by Gasteiger charge is -2.13. The molecule has 4 rings (SSSR count). The molecule has 3 aromatic rings. The minimum absolute atomic E-state index is 0.0152. The highest BCUT2D eigenvalue weighted by Crippen LogP contribution is 2.23. The van der Waals surface area contributed by atoms with Crippen molar-refractivity contribution in [1.82, 2.24) is 19.2 Å². The van der Waals surface area contributed by atoms with E-state index in [0.717, 1.165) is 15.3 Å². The first-order valence-electron chi connectivity index (χ1n) is 8.07. The number of hydrogen-bond donors (Lipinski definition) is 0. The molecule has 0 aliphatic carbocycles. The van der Waals surface area contributed by atoms with Crippen LogP contribution >= 0.6 is 0 Å². The van der Waals surface area contributed by atoms with Gasteiger partial charge in [0, 0.05) is 20.3 Å². The zero-order chi connectivity index (χ0) is 20.2. The van der Waals surface area contributed by atoms with Gasteiger partial charge in [-0.2, -0.15) is 0 Å². The largest absolute Gasteiger partial charge is 0.365 e. The van der Waals surface area contributed by atoms with Crippen molar-refractivity contribution in [2.75, 3.05) is 0 Å². The second-order valence-corrected chi connectivity index (χ2v) is 6.13. The van der Waals surface area contributed by atoms with Crippen LogP contribution in [0, 0.1) is 0 Å². The summed E-state index contributed by atoms with van der Waals surface area (Å²) in [5, 5.41) is 0.386. The van der Waals surface area contributed by atoms with Gasteiger partial charge >= 0.3 is 11.7 Å². The molecule has 1 aliphatic rings. The van der Waals surface area contributed by atoms with Crippen molar-refractivity contribution in [1.29, 1.82) is 0 Å². The molecule has 0 unspecified atom stereocenters. The highest BCUT2D eigenvalue weighted by molar-refractivity contribution is 6.21. The van der Waals surface area contributed by atoms with Crippen LogP contribution < -0.4 is 11.2 Å². The molecule has 1 aromatic carbocycles. The van der Waals surface area contributed by atoms with E-state index in [2.05, 4.69) is 4.98 Å². The predicted molar refractivity (Wildman–Crippen MR) is 94.6 cm³/mol. The molecule has 0 N–H and O–H groups in total. The highest BCUT2D eigenvalue weighted by Gasteiger charge is 2.38. The van der Waals surface area contributed by atoms with E-state index in [4.69, 9.17) is 4.84 Å². The third-order valence-corrected chi connectivity index (χ3v) is 4.46. The van der Waals surface area contributed by atoms with Crippen molar-refractivity contribution in [3.05, 3.63) is 74.1 Å². The maximum atomic E-state index is 12.4. The number of amides is 2. The number of carbonyl (C=O) groups excluding carboxylic acids is 3. The summed E-state index contributed by atoms with van der Waals surface area (Å²) < 4.78 is 2.04. The summed E-state index contributed by atoms with van der Waals surface area (Å²) in [5.41, 5.74) is -1.01. The Bertz CT molecular complexity index is 1280. The lowest BCUT2D eigenvalue weighted by Crippen LogP contribution is -2.37. The number of rotatable bonds is 2. The smallest absolute Gasteiger partial charge is 0.324 e. The molecule has 10 heteroatoms. The Morgan fingerprint density at radius 3 is 2.18 bits per heavy atom. The van der Waals surface area contributed by atoms with E-state index in [0.29, 0.717) is 5.06 Å². The van der Waals surface area contributed by atoms with Crippen molar-refractivity contribution >= 4 is 28.8 Å². The summed E-state index contributed by atoms with van der Waals surface area (Å²) in [7, 11) is 2.74. The van der Waals surface area contributed by atoms with E-state index < -0.39 is 29.0 Å². The third-order valence-electron chi connectivity index (χ3n) is 4.46. The number of aromatic nitrogens is 3. The number of benzene rings is 1. The second kappa shape index (κ2) is 5.98. The van der Waals surface area contributed by atoms with E-state index in [-0.39, 0.29) is 27.7 Å². The van der Waals surface area contributed by atoms with Gasteiger partial charge in [-0.05, 0) is 18.2 Å². The summed E-state index contributed by atoms with van der Waals surface area (Å²) in [6.45, 7) is 0. The van der Waals surface area contributed by atoms with Gasteiger partial charge in [-0.1, -0.05) is 17.2 Å². The molecule has 0 fully saturated rings. The molecule has 0 saturated heterocycles. The Labute approximate surface area is 156 Å². The van der Waals surface area contributed by atoms with Gasteiger partial charge in [0.25, 0.3) is 17.4 Å². The molecular weight excluding hydrogens is 368 g/mol. The SMILES string of the molecule is Cn1c(=O)c2cc(C(=O)ON3C(=O)c4ccccc4C3=O)cnc2n(C)c1=O. The summed E-state index contributed by atoms with van der Waals surface area (Å²) in [5.74, 6) is -2.57. The molecule has 1 aliphatic heterocycles. The van der Waals surface area contributed by atoms with Crippen LogP contribution in [0.25, 0.3) is 11.0 Å². The van der Waals surface area contributed by atoms with Gasteiger partial charge in [0.05, 0.1) is 22.1 Å². The van der Waals surface area contributed by atoms with E-state index in [1.165, 1.54) is 32.3 Å². The number of fused-ring (bicyclic) bond motifs is 2. The summed E-state index contributed by atoms with van der Waals surface area (Å²) in [6, 6.07) is 7.27. The molecule has 0 radical (unpaired) electrons. The first-order valence-corrected chi connectivity index (χ1v) is 8.07. The number of hydroxylamine groups is 2. The number of aryl methyl sites for hydroxylation is 1. The molecule has 2 aromatic heterocycles. The average Bonchev–Trinajstić information content (AvgIpc) is 2.95. The normalized spacial score (nSPS) is 13.1. The Morgan fingerprint density at radius 2 is 1.57 bits per heavy atom. The van der Waals surface area contributed by atoms with Crippen LogP contribution in [-0.4, -0.2) is 37.0 Å². The maximum absolute atomic E-state index is 12.4. The van der Waals surface area contributed by atoms with Crippen molar-refractivity contribution in [3.63, 3.8) is 0 Å². The average molecular weight is 380 g/mol. The van der Waals surface area contributed by atoms with Crippen LogP contribution in [0.2, 0.25) is 0 Å². The lowest BCUT2D eigenvalue weighted by molar-refractivity contribution is -0.0584. The van der Waals surface area contributed by atoms with Gasteiger partial charge in [-0.3, -0.25) is 23.5 Å². The molecule has 0 saturated carbocycles. The number of pyridine rings is 1. The minimum Gasteiger partial charge on any atom is -0.324 e. The van der Waals surface area contributed by atoms with Crippen LogP contribution in [0.1, 0.15) is 31.1 Å². The fraction of sp³-hybridized carbons (Fsp3) is 0.111. The van der Waals surface area contributed by atoms with Crippen LogP contribution in [0.4, 0.5) is 0 Å². The molecule has 10 nitrogen and oxygen atoms in total. The number of imide groups is 1. The first-order chi connectivity index (χ1) is 13.3. The van der Waals surface area contributed by atoms with Crippen molar-refractivity contribution in [2.24, 2.45) is 14.1 Å². The Morgan fingerprint density at radius 1 is 0.964 bits per heavy atom. The maximum Gasteiger partial charge on any atom is 0.365 e. The van der Waals surface area contributed by atoms with Crippen molar-refractivity contribution in [2.45, 2.75) is 0 Å². The summed E-state index contributed by atoms with van der Waals surface area (Å²) >= 11 is 0. The zero-order valence-corrected chi connectivity index (χ0v) is 14.7. The van der Waals surface area contributed by atoms with Crippen molar-refractivity contribution in [3.8, 4) is 0 Å². The van der Waals surface area contributed by atoms with E-state index >= 15 is 0 Å². The third kappa shape index (κ3) is 2.35. The molecule has 2 amide bonds. The molecule has 28 heavy (non-hydrogen) atoms. The quantitative estimate of drug-likeness (QED) is 0.574. The second-order valence-electron chi connectivity index (χ2n) is 6.13. The van der Waals surface area contributed by atoms with E-state index in [1.54, 1.807) is 12.1 Å². The van der Waals surface area contributed by atoms with Gasteiger partial charge in [0.1, 0.15) is 5.65 Å².